The van der Waals surface area contributed by atoms with Crippen LogP contribution in [0.3, 0.4) is 0 Å². The molecule has 3 rings (SSSR count). The number of imidazole rings is 1. The van der Waals surface area contributed by atoms with E-state index in [2.05, 4.69) is 66.2 Å². The Hall–Kier alpha value is -2.66. The SMILES string of the molecule is CCC(C)c1ccc(Cn2c(CCCCCNC(=O)COC)nc3ccccc32)cc1. The lowest BCUT2D eigenvalue weighted by Gasteiger charge is -2.12. The van der Waals surface area contributed by atoms with Crippen molar-refractivity contribution in [2.45, 2.75) is 58.4 Å². The molecule has 0 radical (unpaired) electrons. The minimum atomic E-state index is -0.0522. The highest BCUT2D eigenvalue weighted by molar-refractivity contribution is 5.77. The number of rotatable bonds is 12. The smallest absolute Gasteiger partial charge is 0.245 e. The van der Waals surface area contributed by atoms with E-state index in [4.69, 9.17) is 9.72 Å². The quantitative estimate of drug-likeness (QED) is 0.415. The first-order valence-corrected chi connectivity index (χ1v) is 11.4. The fourth-order valence-electron chi connectivity index (χ4n) is 3.86. The van der Waals surface area contributed by atoms with E-state index in [1.165, 1.54) is 23.8 Å². The molecule has 1 heterocycles. The van der Waals surface area contributed by atoms with E-state index >= 15 is 0 Å². The second-order valence-corrected chi connectivity index (χ2v) is 8.25. The maximum atomic E-state index is 11.4. The Morgan fingerprint density at radius 1 is 1.10 bits per heavy atom. The Bertz CT molecular complexity index is 962. The first-order valence-electron chi connectivity index (χ1n) is 11.4. The minimum Gasteiger partial charge on any atom is -0.375 e. The molecule has 1 unspecified atom stereocenters. The van der Waals surface area contributed by atoms with E-state index in [1.54, 1.807) is 0 Å². The monoisotopic (exact) mass is 421 g/mol. The van der Waals surface area contributed by atoms with E-state index in [-0.39, 0.29) is 12.5 Å². The van der Waals surface area contributed by atoms with Gasteiger partial charge in [-0.2, -0.15) is 0 Å². The number of unbranched alkanes of at least 4 members (excludes halogenated alkanes) is 2. The largest absolute Gasteiger partial charge is 0.375 e. The van der Waals surface area contributed by atoms with E-state index in [1.807, 2.05) is 6.07 Å². The molecule has 0 aliphatic rings. The third-order valence-electron chi connectivity index (χ3n) is 5.91. The number of methoxy groups -OCH3 is 1. The van der Waals surface area contributed by atoms with Crippen molar-refractivity contribution in [3.8, 4) is 0 Å². The fourth-order valence-corrected chi connectivity index (χ4v) is 3.86. The van der Waals surface area contributed by atoms with Crippen LogP contribution in [0.1, 0.15) is 62.4 Å². The lowest BCUT2D eigenvalue weighted by Crippen LogP contribution is -2.27. The van der Waals surface area contributed by atoms with Crippen LogP contribution in [0.15, 0.2) is 48.5 Å². The Labute approximate surface area is 185 Å². The van der Waals surface area contributed by atoms with E-state index in [9.17, 15) is 4.79 Å². The van der Waals surface area contributed by atoms with Crippen LogP contribution in [-0.2, 0) is 22.5 Å². The van der Waals surface area contributed by atoms with Crippen molar-refractivity contribution >= 4 is 16.9 Å². The molecular weight excluding hydrogens is 386 g/mol. The molecule has 0 bridgehead atoms. The summed E-state index contributed by atoms with van der Waals surface area (Å²) in [6.45, 7) is 6.17. The molecule has 0 saturated carbocycles. The van der Waals surface area contributed by atoms with Gasteiger partial charge in [-0.25, -0.2) is 4.98 Å². The second-order valence-electron chi connectivity index (χ2n) is 8.25. The van der Waals surface area contributed by atoms with Crippen LogP contribution in [0.25, 0.3) is 11.0 Å². The van der Waals surface area contributed by atoms with Gasteiger partial charge in [0.1, 0.15) is 12.4 Å². The Morgan fingerprint density at radius 2 is 1.87 bits per heavy atom. The zero-order valence-electron chi connectivity index (χ0n) is 19.1. The number of nitrogens with one attached hydrogen (secondary N) is 1. The highest BCUT2D eigenvalue weighted by Gasteiger charge is 2.11. The number of amides is 1. The van der Waals surface area contributed by atoms with Crippen molar-refractivity contribution in [1.82, 2.24) is 14.9 Å². The Morgan fingerprint density at radius 3 is 2.61 bits per heavy atom. The van der Waals surface area contributed by atoms with Crippen LogP contribution >= 0.6 is 0 Å². The van der Waals surface area contributed by atoms with Crippen molar-refractivity contribution in [2.75, 3.05) is 20.3 Å². The van der Waals surface area contributed by atoms with Crippen LogP contribution in [0.4, 0.5) is 0 Å². The summed E-state index contributed by atoms with van der Waals surface area (Å²) in [5.74, 6) is 1.68. The normalized spacial score (nSPS) is 12.2. The second kappa shape index (κ2) is 11.7. The lowest BCUT2D eigenvalue weighted by molar-refractivity contribution is -0.124. The number of aromatic nitrogens is 2. The number of ether oxygens (including phenoxy) is 1. The van der Waals surface area contributed by atoms with Crippen molar-refractivity contribution in [1.29, 1.82) is 0 Å². The van der Waals surface area contributed by atoms with Gasteiger partial charge in [-0.1, -0.05) is 56.7 Å². The van der Waals surface area contributed by atoms with E-state index in [0.29, 0.717) is 12.5 Å². The molecule has 0 aliphatic heterocycles. The first kappa shape index (κ1) is 23.0. The van der Waals surface area contributed by atoms with Gasteiger partial charge in [-0.05, 0) is 48.4 Å². The molecule has 0 spiro atoms. The molecule has 0 aliphatic carbocycles. The van der Waals surface area contributed by atoms with Gasteiger partial charge in [-0.3, -0.25) is 4.79 Å². The first-order chi connectivity index (χ1) is 15.1. The average molecular weight is 422 g/mol. The molecule has 166 valence electrons. The van der Waals surface area contributed by atoms with Crippen LogP contribution in [0.5, 0.6) is 0 Å². The topological polar surface area (TPSA) is 56.2 Å². The number of aryl methyl sites for hydroxylation is 1. The summed E-state index contributed by atoms with van der Waals surface area (Å²) in [7, 11) is 1.53. The molecule has 1 N–H and O–H groups in total. The molecule has 5 heteroatoms. The number of benzene rings is 2. The third kappa shape index (κ3) is 6.41. The summed E-state index contributed by atoms with van der Waals surface area (Å²) >= 11 is 0. The van der Waals surface area contributed by atoms with Gasteiger partial charge < -0.3 is 14.6 Å². The maximum absolute atomic E-state index is 11.4. The average Bonchev–Trinajstić information content (AvgIpc) is 3.13. The van der Waals surface area contributed by atoms with Crippen LogP contribution in [0, 0.1) is 0 Å². The summed E-state index contributed by atoms with van der Waals surface area (Å²) in [5, 5.41) is 2.88. The molecule has 3 aromatic rings. The van der Waals surface area contributed by atoms with Gasteiger partial charge in [0, 0.05) is 26.6 Å². The lowest BCUT2D eigenvalue weighted by atomic mass is 9.97. The molecule has 0 fully saturated rings. The van der Waals surface area contributed by atoms with Gasteiger partial charge in [0.05, 0.1) is 11.0 Å². The molecule has 31 heavy (non-hydrogen) atoms. The summed E-state index contributed by atoms with van der Waals surface area (Å²) in [6, 6.07) is 17.4. The number of carbonyl (C=O) groups is 1. The number of fused-ring (bicyclic) bond motifs is 1. The van der Waals surface area contributed by atoms with Crippen LogP contribution < -0.4 is 5.32 Å². The van der Waals surface area contributed by atoms with E-state index in [0.717, 1.165) is 50.0 Å². The van der Waals surface area contributed by atoms with E-state index < -0.39 is 0 Å². The molecule has 5 nitrogen and oxygen atoms in total. The molecule has 1 amide bonds. The predicted molar refractivity (Wildman–Crippen MR) is 126 cm³/mol. The third-order valence-corrected chi connectivity index (χ3v) is 5.91. The van der Waals surface area contributed by atoms with Crippen LogP contribution in [0.2, 0.25) is 0 Å². The van der Waals surface area contributed by atoms with Crippen molar-refractivity contribution < 1.29 is 9.53 Å². The molecule has 1 aromatic heterocycles. The number of para-hydroxylation sites is 2. The number of carbonyl (C=O) groups excluding carboxylic acids is 1. The molecule has 2 aromatic carbocycles. The highest BCUT2D eigenvalue weighted by atomic mass is 16.5. The van der Waals surface area contributed by atoms with Gasteiger partial charge >= 0.3 is 0 Å². The molecular formula is C26H35N3O2. The Kier molecular flexibility index (Phi) is 8.65. The van der Waals surface area contributed by atoms with Crippen LogP contribution in [-0.4, -0.2) is 35.7 Å². The number of nitrogens with zero attached hydrogens (tertiary/aromatic N) is 2. The summed E-state index contributed by atoms with van der Waals surface area (Å²) in [4.78, 5) is 16.4. The molecule has 0 saturated heterocycles. The van der Waals surface area contributed by atoms with Crippen molar-refractivity contribution in [2.24, 2.45) is 0 Å². The zero-order chi connectivity index (χ0) is 22.1. The summed E-state index contributed by atoms with van der Waals surface area (Å²) in [5.41, 5.74) is 4.95. The Balaban J connectivity index is 1.63. The van der Waals surface area contributed by atoms with Gasteiger partial charge in [-0.15, -0.1) is 0 Å². The van der Waals surface area contributed by atoms with Gasteiger partial charge in [0.15, 0.2) is 0 Å². The van der Waals surface area contributed by atoms with Gasteiger partial charge in [0.25, 0.3) is 0 Å². The number of hydrogen-bond acceptors (Lipinski definition) is 3. The summed E-state index contributed by atoms with van der Waals surface area (Å²) in [6.07, 6.45) is 5.17. The van der Waals surface area contributed by atoms with Gasteiger partial charge in [0.2, 0.25) is 5.91 Å². The highest BCUT2D eigenvalue weighted by Crippen LogP contribution is 2.22. The fraction of sp³-hybridized carbons (Fsp3) is 0.462. The molecule has 1 atom stereocenters. The minimum absolute atomic E-state index is 0.0522. The van der Waals surface area contributed by atoms with Crippen molar-refractivity contribution in [3.63, 3.8) is 0 Å². The standard InChI is InChI=1S/C26H35N3O2/c1-4-20(2)22-15-13-21(14-16-22)18-29-24-11-8-7-10-23(24)28-25(29)12-6-5-9-17-27-26(30)19-31-3/h7-8,10-11,13-16,20H,4-6,9,12,17-19H2,1-3H3,(H,27,30). The van der Waals surface area contributed by atoms with Crippen molar-refractivity contribution in [3.05, 3.63) is 65.5 Å². The zero-order valence-corrected chi connectivity index (χ0v) is 19.1. The number of hydrogen-bond donors (Lipinski definition) is 1. The summed E-state index contributed by atoms with van der Waals surface area (Å²) < 4.78 is 7.19. The predicted octanol–water partition coefficient (Wildman–Crippen LogP) is 5.07. The maximum Gasteiger partial charge on any atom is 0.245 e.